The van der Waals surface area contributed by atoms with E-state index in [2.05, 4.69) is 0 Å². The molecule has 1 aliphatic carbocycles. The van der Waals surface area contributed by atoms with Crippen molar-refractivity contribution in [2.75, 3.05) is 0 Å². The van der Waals surface area contributed by atoms with E-state index < -0.39 is 11.7 Å². The number of rotatable bonds is 3. The zero-order valence-electron chi connectivity index (χ0n) is 11.6. The second-order valence-electron chi connectivity index (χ2n) is 5.19. The zero-order chi connectivity index (χ0) is 15.7. The van der Waals surface area contributed by atoms with E-state index in [1.807, 2.05) is 18.2 Å². The Kier molecular flexibility index (Phi) is 4.00. The SMILES string of the molecule is O=C1CCc2c(SCc3cccc(C(F)(F)F)c3)cccc21. The van der Waals surface area contributed by atoms with Crippen LogP contribution in [0, 0.1) is 0 Å². The highest BCUT2D eigenvalue weighted by molar-refractivity contribution is 7.98. The van der Waals surface area contributed by atoms with Gasteiger partial charge in [0.1, 0.15) is 0 Å². The van der Waals surface area contributed by atoms with Gasteiger partial charge < -0.3 is 0 Å². The quantitative estimate of drug-likeness (QED) is 0.729. The molecule has 0 aromatic heterocycles. The van der Waals surface area contributed by atoms with Gasteiger partial charge in [-0.25, -0.2) is 0 Å². The Labute approximate surface area is 130 Å². The summed E-state index contributed by atoms with van der Waals surface area (Å²) < 4.78 is 38.1. The predicted molar refractivity (Wildman–Crippen MR) is 80.1 cm³/mol. The van der Waals surface area contributed by atoms with Crippen molar-refractivity contribution in [1.29, 1.82) is 0 Å². The summed E-state index contributed by atoms with van der Waals surface area (Å²) in [6.07, 6.45) is -3.07. The Morgan fingerprint density at radius 3 is 2.59 bits per heavy atom. The number of carbonyl (C=O) groups is 1. The van der Waals surface area contributed by atoms with Crippen molar-refractivity contribution in [2.45, 2.75) is 29.7 Å². The first-order chi connectivity index (χ1) is 10.4. The van der Waals surface area contributed by atoms with Crippen LogP contribution in [0.25, 0.3) is 0 Å². The molecule has 2 aromatic carbocycles. The molecular weight excluding hydrogens is 309 g/mol. The molecule has 1 nitrogen and oxygen atoms in total. The third-order valence-electron chi connectivity index (χ3n) is 3.68. The summed E-state index contributed by atoms with van der Waals surface area (Å²) in [5, 5.41) is 0. The molecule has 114 valence electrons. The summed E-state index contributed by atoms with van der Waals surface area (Å²) in [5.74, 6) is 0.602. The van der Waals surface area contributed by atoms with Gasteiger partial charge in [-0.05, 0) is 29.7 Å². The second kappa shape index (κ2) is 5.80. The summed E-state index contributed by atoms with van der Waals surface area (Å²) >= 11 is 1.48. The fourth-order valence-electron chi connectivity index (χ4n) is 2.59. The van der Waals surface area contributed by atoms with Crippen molar-refractivity contribution in [3.05, 3.63) is 64.7 Å². The van der Waals surface area contributed by atoms with Gasteiger partial charge in [0, 0.05) is 22.6 Å². The van der Waals surface area contributed by atoms with E-state index in [0.29, 0.717) is 17.7 Å². The lowest BCUT2D eigenvalue weighted by molar-refractivity contribution is -0.137. The monoisotopic (exact) mass is 322 g/mol. The molecule has 3 rings (SSSR count). The fourth-order valence-corrected chi connectivity index (χ4v) is 3.65. The molecule has 0 spiro atoms. The number of Topliss-reactive ketones (excluding diaryl/α,β-unsaturated/α-hetero) is 1. The summed E-state index contributed by atoms with van der Waals surface area (Å²) in [5.41, 5.74) is 1.79. The molecule has 5 heteroatoms. The number of fused-ring (bicyclic) bond motifs is 1. The first kappa shape index (κ1) is 15.2. The van der Waals surface area contributed by atoms with Crippen LogP contribution in [-0.4, -0.2) is 5.78 Å². The van der Waals surface area contributed by atoms with E-state index in [9.17, 15) is 18.0 Å². The number of carbonyl (C=O) groups excluding carboxylic acids is 1. The summed E-state index contributed by atoms with van der Waals surface area (Å²) in [6.45, 7) is 0. The number of thioether (sulfide) groups is 1. The number of halogens is 3. The van der Waals surface area contributed by atoms with E-state index in [0.717, 1.165) is 28.5 Å². The molecular formula is C17H13F3OS. The van der Waals surface area contributed by atoms with Crippen LogP contribution in [0.3, 0.4) is 0 Å². The minimum Gasteiger partial charge on any atom is -0.294 e. The van der Waals surface area contributed by atoms with Crippen LogP contribution in [0.2, 0.25) is 0 Å². The largest absolute Gasteiger partial charge is 0.416 e. The summed E-state index contributed by atoms with van der Waals surface area (Å²) in [7, 11) is 0. The lowest BCUT2D eigenvalue weighted by Gasteiger charge is -2.10. The van der Waals surface area contributed by atoms with Gasteiger partial charge in [0.15, 0.2) is 5.78 Å². The minimum absolute atomic E-state index is 0.150. The normalized spacial score (nSPS) is 14.2. The maximum atomic E-state index is 12.7. The van der Waals surface area contributed by atoms with Crippen molar-refractivity contribution in [3.8, 4) is 0 Å². The predicted octanol–water partition coefficient (Wildman–Crippen LogP) is 5.13. The Hall–Kier alpha value is -1.75. The Balaban J connectivity index is 1.78. The molecule has 2 aromatic rings. The molecule has 0 saturated heterocycles. The van der Waals surface area contributed by atoms with E-state index >= 15 is 0 Å². The molecule has 0 atom stereocenters. The average molecular weight is 322 g/mol. The third kappa shape index (κ3) is 3.04. The van der Waals surface area contributed by atoms with Crippen molar-refractivity contribution < 1.29 is 18.0 Å². The first-order valence-corrected chi connectivity index (χ1v) is 7.88. The van der Waals surface area contributed by atoms with Gasteiger partial charge >= 0.3 is 6.18 Å². The molecule has 0 N–H and O–H groups in total. The highest BCUT2D eigenvalue weighted by Crippen LogP contribution is 2.35. The van der Waals surface area contributed by atoms with Gasteiger partial charge in [-0.3, -0.25) is 4.79 Å². The van der Waals surface area contributed by atoms with Crippen molar-refractivity contribution >= 4 is 17.5 Å². The van der Waals surface area contributed by atoms with Crippen LogP contribution in [-0.2, 0) is 18.3 Å². The van der Waals surface area contributed by atoms with Crippen LogP contribution in [0.5, 0.6) is 0 Å². The van der Waals surface area contributed by atoms with Gasteiger partial charge in [0.05, 0.1) is 5.56 Å². The molecule has 1 aliphatic rings. The molecule has 0 aliphatic heterocycles. The zero-order valence-corrected chi connectivity index (χ0v) is 12.4. The topological polar surface area (TPSA) is 17.1 Å². The van der Waals surface area contributed by atoms with Crippen LogP contribution >= 0.6 is 11.8 Å². The van der Waals surface area contributed by atoms with Gasteiger partial charge in [-0.1, -0.05) is 30.3 Å². The van der Waals surface area contributed by atoms with E-state index in [4.69, 9.17) is 0 Å². The molecule has 0 bridgehead atoms. The fraction of sp³-hybridized carbons (Fsp3) is 0.235. The Morgan fingerprint density at radius 1 is 1.05 bits per heavy atom. The number of benzene rings is 2. The number of alkyl halides is 3. The second-order valence-corrected chi connectivity index (χ2v) is 6.21. The minimum atomic E-state index is -4.32. The maximum absolute atomic E-state index is 12.7. The highest BCUT2D eigenvalue weighted by atomic mass is 32.2. The van der Waals surface area contributed by atoms with Crippen molar-refractivity contribution in [2.24, 2.45) is 0 Å². The lowest BCUT2D eigenvalue weighted by atomic mass is 10.1. The van der Waals surface area contributed by atoms with E-state index in [1.165, 1.54) is 23.9 Å². The number of hydrogen-bond donors (Lipinski definition) is 0. The molecule has 0 heterocycles. The average Bonchev–Trinajstić information content (AvgIpc) is 2.87. The van der Waals surface area contributed by atoms with Crippen molar-refractivity contribution in [3.63, 3.8) is 0 Å². The van der Waals surface area contributed by atoms with Crippen LogP contribution < -0.4 is 0 Å². The van der Waals surface area contributed by atoms with E-state index in [1.54, 1.807) is 6.07 Å². The number of hydrogen-bond acceptors (Lipinski definition) is 2. The van der Waals surface area contributed by atoms with Crippen LogP contribution in [0.4, 0.5) is 13.2 Å². The highest BCUT2D eigenvalue weighted by Gasteiger charge is 2.30. The van der Waals surface area contributed by atoms with Crippen LogP contribution in [0.15, 0.2) is 47.4 Å². The van der Waals surface area contributed by atoms with Crippen LogP contribution in [0.1, 0.15) is 33.5 Å². The molecule has 0 fully saturated rings. The number of ketones is 1. The smallest absolute Gasteiger partial charge is 0.294 e. The summed E-state index contributed by atoms with van der Waals surface area (Å²) in [6, 6.07) is 11.0. The lowest BCUT2D eigenvalue weighted by Crippen LogP contribution is -2.04. The van der Waals surface area contributed by atoms with Gasteiger partial charge in [-0.2, -0.15) is 13.2 Å². The van der Waals surface area contributed by atoms with Gasteiger partial charge in [0.25, 0.3) is 0 Å². The maximum Gasteiger partial charge on any atom is 0.416 e. The molecule has 0 radical (unpaired) electrons. The molecule has 0 saturated carbocycles. The van der Waals surface area contributed by atoms with E-state index in [-0.39, 0.29) is 5.78 Å². The Morgan fingerprint density at radius 2 is 1.82 bits per heavy atom. The molecule has 0 unspecified atom stereocenters. The molecule has 0 amide bonds. The van der Waals surface area contributed by atoms with Gasteiger partial charge in [0.2, 0.25) is 0 Å². The summed E-state index contributed by atoms with van der Waals surface area (Å²) in [4.78, 5) is 12.7. The van der Waals surface area contributed by atoms with Crippen molar-refractivity contribution in [1.82, 2.24) is 0 Å². The molecule has 22 heavy (non-hydrogen) atoms. The first-order valence-electron chi connectivity index (χ1n) is 6.89. The third-order valence-corrected chi connectivity index (χ3v) is 4.86. The van der Waals surface area contributed by atoms with Gasteiger partial charge in [-0.15, -0.1) is 11.8 Å². The Bertz CT molecular complexity index is 722. The standard InChI is InChI=1S/C17H13F3OS/c18-17(19,20)12-4-1-3-11(9-12)10-22-16-6-2-5-13-14(16)7-8-15(13)21/h1-6,9H,7-8,10H2.